The lowest BCUT2D eigenvalue weighted by Gasteiger charge is -2.31. The lowest BCUT2D eigenvalue weighted by Crippen LogP contribution is -2.45. The number of hydrogen-bond acceptors (Lipinski definition) is 3. The standard InChI is InChI=1S/C12H16N2O2/c1-13(2)7-9-10(15)3-4-14(11(9)16)12-5-8(12)6-12/h7-8H,3-6H2,1-2H3/b9-7+. The van der Waals surface area contributed by atoms with Crippen molar-refractivity contribution in [1.82, 2.24) is 9.80 Å². The van der Waals surface area contributed by atoms with Crippen molar-refractivity contribution in [3.63, 3.8) is 0 Å². The highest BCUT2D eigenvalue weighted by atomic mass is 16.2. The van der Waals surface area contributed by atoms with E-state index in [2.05, 4.69) is 0 Å². The van der Waals surface area contributed by atoms with E-state index in [1.54, 1.807) is 11.1 Å². The quantitative estimate of drug-likeness (QED) is 0.499. The van der Waals surface area contributed by atoms with Gasteiger partial charge in [-0.15, -0.1) is 0 Å². The molecule has 3 fully saturated rings. The maximum absolute atomic E-state index is 12.2. The Bertz CT molecular complexity index is 405. The van der Waals surface area contributed by atoms with Crippen LogP contribution in [0.2, 0.25) is 0 Å². The summed E-state index contributed by atoms with van der Waals surface area (Å²) in [7, 11) is 3.67. The molecule has 4 heteroatoms. The highest BCUT2D eigenvalue weighted by Gasteiger charge is 2.74. The summed E-state index contributed by atoms with van der Waals surface area (Å²) in [5, 5.41) is 0. The Balaban J connectivity index is 1.86. The van der Waals surface area contributed by atoms with E-state index in [1.807, 2.05) is 19.0 Å². The zero-order chi connectivity index (χ0) is 11.5. The number of amides is 1. The lowest BCUT2D eigenvalue weighted by molar-refractivity contribution is -0.135. The fraction of sp³-hybridized carbons (Fsp3) is 0.667. The fourth-order valence-corrected chi connectivity index (χ4v) is 2.64. The third-order valence-electron chi connectivity index (χ3n) is 3.90. The third kappa shape index (κ3) is 1.22. The van der Waals surface area contributed by atoms with Gasteiger partial charge in [0.25, 0.3) is 5.91 Å². The predicted molar refractivity (Wildman–Crippen MR) is 58.6 cm³/mol. The van der Waals surface area contributed by atoms with Crippen LogP contribution < -0.4 is 0 Å². The van der Waals surface area contributed by atoms with Crippen molar-refractivity contribution >= 4 is 11.7 Å². The van der Waals surface area contributed by atoms with Crippen LogP contribution in [0, 0.1) is 5.92 Å². The molecule has 0 unspecified atom stereocenters. The first-order valence-electron chi connectivity index (χ1n) is 5.78. The van der Waals surface area contributed by atoms with Crippen LogP contribution in [-0.2, 0) is 9.59 Å². The van der Waals surface area contributed by atoms with Crippen molar-refractivity contribution in [3.8, 4) is 0 Å². The van der Waals surface area contributed by atoms with Crippen LogP contribution in [0.25, 0.3) is 0 Å². The number of likely N-dealkylation sites (tertiary alicyclic amines) is 1. The molecule has 3 rings (SSSR count). The number of ketones is 1. The zero-order valence-corrected chi connectivity index (χ0v) is 9.69. The van der Waals surface area contributed by atoms with E-state index >= 15 is 0 Å². The van der Waals surface area contributed by atoms with Crippen LogP contribution in [-0.4, -0.2) is 47.7 Å². The molecule has 0 radical (unpaired) electrons. The SMILES string of the molecule is CN(C)/C=C1\C(=O)CCN(C23CC2C3)C1=O. The number of fused-ring (bicyclic) bond motifs is 1. The number of carbonyl (C=O) groups is 2. The second-order valence-corrected chi connectivity index (χ2v) is 5.35. The van der Waals surface area contributed by atoms with Crippen molar-refractivity contribution in [2.45, 2.75) is 24.8 Å². The van der Waals surface area contributed by atoms with Crippen LogP contribution in [0.5, 0.6) is 0 Å². The van der Waals surface area contributed by atoms with Gasteiger partial charge in [-0.25, -0.2) is 0 Å². The highest BCUT2D eigenvalue weighted by molar-refractivity contribution is 6.21. The van der Waals surface area contributed by atoms with Gasteiger partial charge in [0.05, 0.1) is 5.57 Å². The molecular formula is C12H16N2O2. The van der Waals surface area contributed by atoms with Gasteiger partial charge < -0.3 is 9.80 Å². The van der Waals surface area contributed by atoms with Gasteiger partial charge in [0.2, 0.25) is 0 Å². The molecule has 3 aliphatic rings. The monoisotopic (exact) mass is 220 g/mol. The number of hydrogen-bond donors (Lipinski definition) is 0. The number of carbonyl (C=O) groups excluding carboxylic acids is 2. The maximum atomic E-state index is 12.2. The average molecular weight is 220 g/mol. The number of piperidine rings is 1. The molecule has 0 atom stereocenters. The van der Waals surface area contributed by atoms with Gasteiger partial charge in [0.15, 0.2) is 5.78 Å². The smallest absolute Gasteiger partial charge is 0.259 e. The summed E-state index contributed by atoms with van der Waals surface area (Å²) in [6.45, 7) is 0.624. The highest BCUT2D eigenvalue weighted by Crippen LogP contribution is 2.70. The summed E-state index contributed by atoms with van der Waals surface area (Å²) >= 11 is 0. The number of Topliss-reactive ketones (excluding diaryl/α,β-unsaturated/α-hetero) is 1. The number of rotatable bonds is 2. The maximum Gasteiger partial charge on any atom is 0.259 e. The molecule has 2 aliphatic carbocycles. The zero-order valence-electron chi connectivity index (χ0n) is 9.69. The van der Waals surface area contributed by atoms with Crippen LogP contribution in [0.1, 0.15) is 19.3 Å². The second kappa shape index (κ2) is 2.87. The van der Waals surface area contributed by atoms with Crippen LogP contribution in [0.4, 0.5) is 0 Å². The van der Waals surface area contributed by atoms with Gasteiger partial charge in [-0.2, -0.15) is 0 Å². The molecule has 1 heterocycles. The molecule has 0 bridgehead atoms. The minimum absolute atomic E-state index is 0.01000. The van der Waals surface area contributed by atoms with E-state index < -0.39 is 0 Å². The Morgan fingerprint density at radius 3 is 2.50 bits per heavy atom. The van der Waals surface area contributed by atoms with Crippen LogP contribution in [0.15, 0.2) is 11.8 Å². The molecule has 0 aromatic rings. The van der Waals surface area contributed by atoms with Crippen molar-refractivity contribution < 1.29 is 9.59 Å². The van der Waals surface area contributed by atoms with E-state index in [9.17, 15) is 9.59 Å². The van der Waals surface area contributed by atoms with Crippen molar-refractivity contribution in [1.29, 1.82) is 0 Å². The summed E-state index contributed by atoms with van der Waals surface area (Å²) in [6.07, 6.45) is 4.46. The molecule has 1 aliphatic heterocycles. The Kier molecular flexibility index (Phi) is 1.77. The van der Waals surface area contributed by atoms with Gasteiger partial charge >= 0.3 is 0 Å². The first kappa shape index (κ1) is 9.87. The van der Waals surface area contributed by atoms with E-state index in [0.717, 1.165) is 18.8 Å². The molecule has 0 aromatic carbocycles. The first-order valence-corrected chi connectivity index (χ1v) is 5.78. The van der Waals surface area contributed by atoms with E-state index in [1.165, 1.54) is 0 Å². The van der Waals surface area contributed by atoms with E-state index in [4.69, 9.17) is 0 Å². The Morgan fingerprint density at radius 1 is 1.38 bits per heavy atom. The van der Waals surface area contributed by atoms with Crippen LogP contribution >= 0.6 is 0 Å². The van der Waals surface area contributed by atoms with Gasteiger partial charge in [0, 0.05) is 38.8 Å². The van der Waals surface area contributed by atoms with Crippen molar-refractivity contribution in [3.05, 3.63) is 11.8 Å². The largest absolute Gasteiger partial charge is 0.383 e. The number of nitrogens with zero attached hydrogens (tertiary/aromatic N) is 2. The lowest BCUT2D eigenvalue weighted by atomic mass is 10.0. The van der Waals surface area contributed by atoms with E-state index in [0.29, 0.717) is 18.5 Å². The second-order valence-electron chi connectivity index (χ2n) is 5.35. The Morgan fingerprint density at radius 2 is 2.00 bits per heavy atom. The molecule has 1 amide bonds. The van der Waals surface area contributed by atoms with Crippen molar-refractivity contribution in [2.75, 3.05) is 20.6 Å². The molecule has 1 saturated heterocycles. The molecule has 16 heavy (non-hydrogen) atoms. The minimum atomic E-state index is -0.0510. The third-order valence-corrected chi connectivity index (χ3v) is 3.90. The summed E-state index contributed by atoms with van der Waals surface area (Å²) in [4.78, 5) is 27.6. The molecule has 86 valence electrons. The average Bonchev–Trinajstić information content (AvgIpc) is 3.00. The first-order chi connectivity index (χ1) is 7.54. The molecular weight excluding hydrogens is 204 g/mol. The summed E-state index contributed by atoms with van der Waals surface area (Å²) in [6, 6.07) is 0. The minimum Gasteiger partial charge on any atom is -0.383 e. The topological polar surface area (TPSA) is 40.6 Å². The van der Waals surface area contributed by atoms with E-state index in [-0.39, 0.29) is 17.2 Å². The molecule has 2 saturated carbocycles. The molecule has 0 aromatic heterocycles. The Hall–Kier alpha value is -1.32. The van der Waals surface area contributed by atoms with Crippen LogP contribution in [0.3, 0.4) is 0 Å². The van der Waals surface area contributed by atoms with Gasteiger partial charge in [0.1, 0.15) is 0 Å². The predicted octanol–water partition coefficient (Wildman–Crippen LogP) is 0.396. The van der Waals surface area contributed by atoms with Gasteiger partial charge in [-0.3, -0.25) is 9.59 Å². The normalized spacial score (nSPS) is 38.8. The molecule has 4 nitrogen and oxygen atoms in total. The molecule has 0 spiro atoms. The Labute approximate surface area is 94.9 Å². The summed E-state index contributed by atoms with van der Waals surface area (Å²) in [5.74, 6) is 0.680. The summed E-state index contributed by atoms with van der Waals surface area (Å²) < 4.78 is 0. The summed E-state index contributed by atoms with van der Waals surface area (Å²) in [5.41, 5.74) is 0.548. The van der Waals surface area contributed by atoms with Gasteiger partial charge in [-0.05, 0) is 18.8 Å². The van der Waals surface area contributed by atoms with Gasteiger partial charge in [-0.1, -0.05) is 0 Å². The molecule has 0 N–H and O–H groups in total. The van der Waals surface area contributed by atoms with Crippen molar-refractivity contribution in [2.24, 2.45) is 5.92 Å². The fourth-order valence-electron chi connectivity index (χ4n) is 2.64.